The van der Waals surface area contributed by atoms with Crippen LogP contribution in [0, 0.1) is 20.8 Å². The zero-order valence-electron chi connectivity index (χ0n) is 32.4. The molecule has 8 bridgehead atoms. The highest BCUT2D eigenvalue weighted by atomic mass is 16.5. The Labute approximate surface area is 301 Å². The first-order valence-corrected chi connectivity index (χ1v) is 17.4. The number of aldehydes is 1. The summed E-state index contributed by atoms with van der Waals surface area (Å²) in [5.74, 6) is -0.481. The summed E-state index contributed by atoms with van der Waals surface area (Å²) in [5, 5.41) is 0. The molecule has 0 spiro atoms. The molecule has 5 rings (SSSR count). The summed E-state index contributed by atoms with van der Waals surface area (Å²) in [6.07, 6.45) is 3.01. The normalized spacial score (nSPS) is 13.5. The second kappa shape index (κ2) is 18.6. The van der Waals surface area contributed by atoms with Gasteiger partial charge < -0.3 is 33.9 Å². The topological polar surface area (TPSA) is 139 Å². The third kappa shape index (κ3) is 9.20. The first kappa shape index (κ1) is 40.8. The SMILES string of the molecule is CCC=O.CCc1c(C)c2cc3[nH]c(cc4nc(c(CC(=O)N(C)CCOC)c5nc(cc1[nH]2)C(C)=C5C(=O)OC)CC4C)c(C)c3C.COC. The number of H-pyrrole nitrogens is 2. The van der Waals surface area contributed by atoms with Crippen LogP contribution in [0.5, 0.6) is 0 Å². The molecule has 0 fully saturated rings. The van der Waals surface area contributed by atoms with Gasteiger partial charge in [-0.2, -0.15) is 0 Å². The summed E-state index contributed by atoms with van der Waals surface area (Å²) < 4.78 is 14.7. The molecule has 5 heterocycles. The molecule has 0 saturated carbocycles. The number of aromatic amines is 2. The number of carbonyl (C=O) groups excluding carboxylic acids is 3. The number of hydrogen-bond donors (Lipinski definition) is 2. The number of allylic oxidation sites excluding steroid dienone is 1. The van der Waals surface area contributed by atoms with Gasteiger partial charge in [0.15, 0.2) is 0 Å². The fourth-order valence-corrected chi connectivity index (χ4v) is 6.17. The van der Waals surface area contributed by atoms with E-state index in [1.807, 2.05) is 19.9 Å². The van der Waals surface area contributed by atoms with E-state index in [1.54, 1.807) is 33.3 Å². The molecule has 51 heavy (non-hydrogen) atoms. The number of hydrogen-bond acceptors (Lipinski definition) is 8. The van der Waals surface area contributed by atoms with Crippen molar-refractivity contribution >= 4 is 51.4 Å². The fourth-order valence-electron chi connectivity index (χ4n) is 6.17. The number of rotatable bonds is 8. The molecular formula is C40H55N5O6. The number of aryl methyl sites for hydroxylation is 4. The van der Waals surface area contributed by atoms with Gasteiger partial charge in [-0.05, 0) is 86.6 Å². The van der Waals surface area contributed by atoms with Crippen LogP contribution in [0.1, 0.15) is 90.6 Å². The quantitative estimate of drug-likeness (QED) is 0.194. The maximum atomic E-state index is 13.6. The van der Waals surface area contributed by atoms with Crippen LogP contribution in [0.2, 0.25) is 0 Å². The zero-order chi connectivity index (χ0) is 38.0. The van der Waals surface area contributed by atoms with Crippen LogP contribution in [0.3, 0.4) is 0 Å². The predicted molar refractivity (Wildman–Crippen MR) is 204 cm³/mol. The second-order valence-electron chi connectivity index (χ2n) is 12.9. The third-order valence-electron chi connectivity index (χ3n) is 9.38. The number of ether oxygens (including phenoxy) is 3. The van der Waals surface area contributed by atoms with Crippen molar-refractivity contribution in [2.75, 3.05) is 48.6 Å². The number of aromatic nitrogens is 4. The Morgan fingerprint density at radius 1 is 0.902 bits per heavy atom. The van der Waals surface area contributed by atoms with Gasteiger partial charge in [0, 0.05) is 86.3 Å². The van der Waals surface area contributed by atoms with Gasteiger partial charge in [-0.1, -0.05) is 20.8 Å². The van der Waals surface area contributed by atoms with Gasteiger partial charge in [0.1, 0.15) is 6.29 Å². The van der Waals surface area contributed by atoms with E-state index in [0.717, 1.165) is 46.2 Å². The fraction of sp³-hybridized carbons (Fsp3) is 0.475. The molecule has 3 aromatic heterocycles. The molecule has 0 aromatic carbocycles. The van der Waals surface area contributed by atoms with Crippen molar-refractivity contribution in [2.24, 2.45) is 0 Å². The molecule has 0 saturated heterocycles. The maximum absolute atomic E-state index is 13.6. The van der Waals surface area contributed by atoms with Crippen LogP contribution >= 0.6 is 0 Å². The van der Waals surface area contributed by atoms with E-state index in [4.69, 9.17) is 19.4 Å². The summed E-state index contributed by atoms with van der Waals surface area (Å²) in [6, 6.07) is 6.29. The Bertz CT molecular complexity index is 1940. The third-order valence-corrected chi connectivity index (χ3v) is 9.38. The summed E-state index contributed by atoms with van der Waals surface area (Å²) in [6.45, 7) is 15.2. The summed E-state index contributed by atoms with van der Waals surface area (Å²) in [4.78, 5) is 55.2. The average molecular weight is 702 g/mol. The van der Waals surface area contributed by atoms with Gasteiger partial charge in [-0.15, -0.1) is 0 Å². The Kier molecular flexibility index (Phi) is 14.9. The molecule has 3 aromatic rings. The Hall–Kier alpha value is -4.61. The molecule has 2 aliphatic rings. The monoisotopic (exact) mass is 701 g/mol. The number of likely N-dealkylation sites (N-methyl/N-ethyl adjacent to an activating group) is 1. The molecule has 11 heteroatoms. The van der Waals surface area contributed by atoms with Crippen molar-refractivity contribution in [1.82, 2.24) is 24.8 Å². The van der Waals surface area contributed by atoms with Gasteiger partial charge in [0.25, 0.3) is 0 Å². The number of carbonyl (C=O) groups is 3. The highest BCUT2D eigenvalue weighted by Crippen LogP contribution is 2.36. The number of nitrogens with zero attached hydrogens (tertiary/aromatic N) is 3. The van der Waals surface area contributed by atoms with E-state index < -0.39 is 5.97 Å². The standard InChI is InChI=1S/C35H43N5O4.C3H6O.C2H6O/c1-10-23-21(5)28-16-27-20(4)19(3)26(37-27)15-25-18(2)13-30(36-25)24(14-32(41)40(7)11-12-43-8)34-33(35(42)44-9)22(6)29(39-34)17-31(23)38-28;1-2-3-4;1-3-2/h15-18,37-38H,10-14H2,1-9H3;3H,2H2,1H3;1-2H3. The number of nitrogens with one attached hydrogen (secondary N) is 2. The minimum absolute atomic E-state index is 0.0463. The largest absolute Gasteiger partial charge is 0.465 e. The predicted octanol–water partition coefficient (Wildman–Crippen LogP) is 6.76. The lowest BCUT2D eigenvalue weighted by atomic mass is 9.96. The lowest BCUT2D eigenvalue weighted by Crippen LogP contribution is -2.31. The van der Waals surface area contributed by atoms with Crippen LogP contribution in [-0.2, 0) is 47.9 Å². The molecule has 1 unspecified atom stereocenters. The van der Waals surface area contributed by atoms with E-state index in [9.17, 15) is 14.4 Å². The van der Waals surface area contributed by atoms with Crippen LogP contribution in [0.25, 0.3) is 33.2 Å². The van der Waals surface area contributed by atoms with E-state index in [-0.39, 0.29) is 18.2 Å². The molecule has 1 amide bonds. The molecule has 276 valence electrons. The molecule has 1 atom stereocenters. The van der Waals surface area contributed by atoms with Gasteiger partial charge >= 0.3 is 5.97 Å². The van der Waals surface area contributed by atoms with E-state index in [0.29, 0.717) is 54.1 Å². The summed E-state index contributed by atoms with van der Waals surface area (Å²) in [7, 11) is 7.99. The van der Waals surface area contributed by atoms with Crippen molar-refractivity contribution in [2.45, 2.75) is 80.1 Å². The van der Waals surface area contributed by atoms with E-state index in [2.05, 4.69) is 61.5 Å². The number of fused-ring (bicyclic) bond motifs is 8. The zero-order valence-corrected chi connectivity index (χ0v) is 32.4. The van der Waals surface area contributed by atoms with E-state index >= 15 is 0 Å². The molecule has 2 N–H and O–H groups in total. The van der Waals surface area contributed by atoms with Crippen LogP contribution < -0.4 is 0 Å². The molecule has 2 aliphatic heterocycles. The molecule has 11 nitrogen and oxygen atoms in total. The minimum atomic E-state index is -0.486. The summed E-state index contributed by atoms with van der Waals surface area (Å²) >= 11 is 0. The molecule has 0 radical (unpaired) electrons. The maximum Gasteiger partial charge on any atom is 0.340 e. The molecule has 0 aliphatic carbocycles. The van der Waals surface area contributed by atoms with Gasteiger partial charge in [-0.3, -0.25) is 9.78 Å². The Balaban J connectivity index is 0.000000923. The van der Waals surface area contributed by atoms with Crippen molar-refractivity contribution in [3.63, 3.8) is 0 Å². The first-order valence-electron chi connectivity index (χ1n) is 17.4. The van der Waals surface area contributed by atoms with Crippen molar-refractivity contribution in [3.05, 3.63) is 68.8 Å². The number of esters is 1. The Morgan fingerprint density at radius 2 is 1.49 bits per heavy atom. The average Bonchev–Trinajstić information content (AvgIpc) is 3.81. The first-order chi connectivity index (χ1) is 24.3. The highest BCUT2D eigenvalue weighted by Gasteiger charge is 2.31. The smallest absolute Gasteiger partial charge is 0.340 e. The number of amides is 1. The second-order valence-corrected chi connectivity index (χ2v) is 12.9. The lowest BCUT2D eigenvalue weighted by Gasteiger charge is -2.18. The number of methoxy groups -OCH3 is 3. The lowest BCUT2D eigenvalue weighted by molar-refractivity contribution is -0.134. The van der Waals surface area contributed by atoms with Crippen molar-refractivity contribution in [3.8, 4) is 0 Å². The van der Waals surface area contributed by atoms with Crippen LogP contribution in [0.15, 0.2) is 18.2 Å². The van der Waals surface area contributed by atoms with Crippen molar-refractivity contribution in [1.29, 1.82) is 0 Å². The molecular weight excluding hydrogens is 646 g/mol. The van der Waals surface area contributed by atoms with E-state index in [1.165, 1.54) is 29.4 Å². The highest BCUT2D eigenvalue weighted by molar-refractivity contribution is 6.25. The van der Waals surface area contributed by atoms with Crippen LogP contribution in [0.4, 0.5) is 0 Å². The van der Waals surface area contributed by atoms with Gasteiger partial charge in [0.2, 0.25) is 5.91 Å². The minimum Gasteiger partial charge on any atom is -0.465 e. The van der Waals surface area contributed by atoms with Gasteiger partial charge in [0.05, 0.1) is 37.1 Å². The van der Waals surface area contributed by atoms with Gasteiger partial charge in [-0.25, -0.2) is 9.78 Å². The van der Waals surface area contributed by atoms with Crippen LogP contribution in [-0.4, -0.2) is 91.6 Å². The van der Waals surface area contributed by atoms with Crippen molar-refractivity contribution < 1.29 is 28.6 Å². The Morgan fingerprint density at radius 3 is 2.06 bits per heavy atom. The summed E-state index contributed by atoms with van der Waals surface area (Å²) in [5.41, 5.74) is 13.2.